The molecule has 1 heterocycles. The SMILES string of the molecule is CCCCC1(CCCC)NC(=O)N(CN(C2CCCC2)C2CCCC2)C1=O. The Labute approximate surface area is 165 Å². The number of nitrogens with zero attached hydrogens (tertiary/aromatic N) is 2. The molecule has 0 aromatic rings. The van der Waals surface area contributed by atoms with Crippen LogP contribution in [0.4, 0.5) is 4.79 Å². The molecule has 1 saturated heterocycles. The molecule has 3 fully saturated rings. The number of amides is 3. The van der Waals surface area contributed by atoms with Crippen molar-refractivity contribution in [2.75, 3.05) is 6.67 Å². The number of urea groups is 1. The van der Waals surface area contributed by atoms with Crippen LogP contribution in [-0.4, -0.2) is 46.0 Å². The lowest BCUT2D eigenvalue weighted by molar-refractivity contribution is -0.134. The first kappa shape index (κ1) is 20.6. The fraction of sp³-hybridized carbons (Fsp3) is 0.909. The Kier molecular flexibility index (Phi) is 7.18. The van der Waals surface area contributed by atoms with Crippen LogP contribution in [0.25, 0.3) is 0 Å². The number of rotatable bonds is 10. The van der Waals surface area contributed by atoms with Gasteiger partial charge in [0.25, 0.3) is 5.91 Å². The minimum absolute atomic E-state index is 0.0374. The zero-order valence-corrected chi connectivity index (χ0v) is 17.5. The van der Waals surface area contributed by atoms with E-state index in [1.165, 1.54) is 51.4 Å². The molecule has 0 radical (unpaired) electrons. The minimum atomic E-state index is -0.653. The maximum Gasteiger partial charge on any atom is 0.326 e. The highest BCUT2D eigenvalue weighted by atomic mass is 16.2. The second kappa shape index (κ2) is 9.40. The quantitative estimate of drug-likeness (QED) is 0.556. The van der Waals surface area contributed by atoms with Gasteiger partial charge in [-0.05, 0) is 38.5 Å². The normalized spacial score (nSPS) is 23.7. The second-order valence-electron chi connectivity index (χ2n) is 8.98. The Morgan fingerprint density at radius 3 is 1.85 bits per heavy atom. The predicted molar refractivity (Wildman–Crippen MR) is 108 cm³/mol. The van der Waals surface area contributed by atoms with Gasteiger partial charge in [-0.15, -0.1) is 0 Å². The molecule has 2 aliphatic carbocycles. The average molecular weight is 378 g/mol. The third-order valence-electron chi connectivity index (χ3n) is 7.05. The summed E-state index contributed by atoms with van der Waals surface area (Å²) in [5.41, 5.74) is -0.653. The summed E-state index contributed by atoms with van der Waals surface area (Å²) in [6.07, 6.45) is 15.6. The lowest BCUT2D eigenvalue weighted by Crippen LogP contribution is -2.51. The van der Waals surface area contributed by atoms with Gasteiger partial charge in [-0.1, -0.05) is 65.2 Å². The van der Waals surface area contributed by atoms with Gasteiger partial charge in [-0.25, -0.2) is 9.69 Å². The van der Waals surface area contributed by atoms with Crippen LogP contribution in [0, 0.1) is 0 Å². The van der Waals surface area contributed by atoms with Crippen molar-refractivity contribution in [3.63, 3.8) is 0 Å². The smallest absolute Gasteiger partial charge is 0.323 e. The Morgan fingerprint density at radius 1 is 0.926 bits per heavy atom. The van der Waals surface area contributed by atoms with Crippen molar-refractivity contribution < 1.29 is 9.59 Å². The number of carbonyl (C=O) groups is 2. The van der Waals surface area contributed by atoms with Crippen LogP contribution in [0.1, 0.15) is 104 Å². The van der Waals surface area contributed by atoms with Crippen molar-refractivity contribution in [3.05, 3.63) is 0 Å². The van der Waals surface area contributed by atoms with E-state index in [1.54, 1.807) is 4.90 Å². The fourth-order valence-electron chi connectivity index (χ4n) is 5.39. The third kappa shape index (κ3) is 4.49. The summed E-state index contributed by atoms with van der Waals surface area (Å²) in [4.78, 5) is 30.4. The molecule has 0 aromatic heterocycles. The van der Waals surface area contributed by atoms with Crippen molar-refractivity contribution in [2.24, 2.45) is 0 Å². The largest absolute Gasteiger partial charge is 0.326 e. The molecule has 3 aliphatic rings. The Morgan fingerprint density at radius 2 is 1.41 bits per heavy atom. The summed E-state index contributed by atoms with van der Waals surface area (Å²) in [5.74, 6) is 0.0374. The van der Waals surface area contributed by atoms with Crippen molar-refractivity contribution in [3.8, 4) is 0 Å². The summed E-state index contributed by atoms with van der Waals surface area (Å²) < 4.78 is 0. The van der Waals surface area contributed by atoms with Gasteiger partial charge in [0.2, 0.25) is 0 Å². The van der Waals surface area contributed by atoms with Crippen LogP contribution in [0.15, 0.2) is 0 Å². The molecule has 5 nitrogen and oxygen atoms in total. The van der Waals surface area contributed by atoms with E-state index in [0.29, 0.717) is 18.8 Å². The molecule has 2 saturated carbocycles. The molecular weight excluding hydrogens is 338 g/mol. The standard InChI is InChI=1S/C22H39N3O2/c1-3-5-15-22(16-6-4-2)20(26)25(21(27)23-22)17-24(18-11-7-8-12-18)19-13-9-10-14-19/h18-19H,3-17H2,1-2H3,(H,23,27). The first-order valence-corrected chi connectivity index (χ1v) is 11.5. The molecular formula is C22H39N3O2. The molecule has 1 aliphatic heterocycles. The van der Waals surface area contributed by atoms with Crippen molar-refractivity contribution in [1.29, 1.82) is 0 Å². The fourth-order valence-corrected chi connectivity index (χ4v) is 5.39. The highest BCUT2D eigenvalue weighted by molar-refractivity contribution is 6.07. The third-order valence-corrected chi connectivity index (χ3v) is 7.05. The van der Waals surface area contributed by atoms with E-state index in [9.17, 15) is 9.59 Å². The molecule has 5 heteroatoms. The Bertz CT molecular complexity index is 486. The number of unbranched alkanes of at least 4 members (excludes halogenated alkanes) is 2. The van der Waals surface area contributed by atoms with Crippen LogP contribution in [0.2, 0.25) is 0 Å². The molecule has 154 valence electrons. The van der Waals surface area contributed by atoms with E-state index in [2.05, 4.69) is 24.1 Å². The van der Waals surface area contributed by atoms with Crippen molar-refractivity contribution in [1.82, 2.24) is 15.1 Å². The molecule has 0 spiro atoms. The van der Waals surface area contributed by atoms with Crippen molar-refractivity contribution >= 4 is 11.9 Å². The molecule has 3 amide bonds. The van der Waals surface area contributed by atoms with Crippen LogP contribution >= 0.6 is 0 Å². The van der Waals surface area contributed by atoms with Gasteiger partial charge in [-0.2, -0.15) is 0 Å². The molecule has 0 bridgehead atoms. The van der Waals surface area contributed by atoms with Gasteiger partial charge < -0.3 is 5.32 Å². The van der Waals surface area contributed by atoms with Gasteiger partial charge in [-0.3, -0.25) is 9.69 Å². The van der Waals surface area contributed by atoms with E-state index >= 15 is 0 Å². The average Bonchev–Trinajstić information content (AvgIpc) is 3.41. The lowest BCUT2D eigenvalue weighted by Gasteiger charge is -2.36. The molecule has 27 heavy (non-hydrogen) atoms. The van der Waals surface area contributed by atoms with Gasteiger partial charge in [0.05, 0.1) is 6.67 Å². The predicted octanol–water partition coefficient (Wildman–Crippen LogP) is 4.80. The number of imide groups is 1. The van der Waals surface area contributed by atoms with Crippen LogP contribution in [0.3, 0.4) is 0 Å². The Hall–Kier alpha value is -1.10. The number of hydrogen-bond acceptors (Lipinski definition) is 3. The van der Waals surface area contributed by atoms with E-state index in [0.717, 1.165) is 38.5 Å². The number of nitrogens with one attached hydrogen (secondary N) is 1. The summed E-state index contributed by atoms with van der Waals surface area (Å²) in [7, 11) is 0. The molecule has 0 atom stereocenters. The maximum atomic E-state index is 13.4. The van der Waals surface area contributed by atoms with Crippen LogP contribution in [0.5, 0.6) is 0 Å². The van der Waals surface area contributed by atoms with E-state index in [4.69, 9.17) is 0 Å². The first-order chi connectivity index (χ1) is 13.1. The monoisotopic (exact) mass is 377 g/mol. The number of carbonyl (C=O) groups excluding carboxylic acids is 2. The van der Waals surface area contributed by atoms with Gasteiger partial charge in [0.1, 0.15) is 5.54 Å². The maximum absolute atomic E-state index is 13.4. The van der Waals surface area contributed by atoms with Gasteiger partial charge in [0.15, 0.2) is 0 Å². The summed E-state index contributed by atoms with van der Waals surface area (Å²) in [6.45, 7) is 4.79. The van der Waals surface area contributed by atoms with Crippen LogP contribution in [-0.2, 0) is 4.79 Å². The lowest BCUT2D eigenvalue weighted by atomic mass is 9.87. The van der Waals surface area contributed by atoms with Crippen molar-refractivity contribution in [2.45, 2.75) is 121 Å². The number of hydrogen-bond donors (Lipinski definition) is 1. The van der Waals surface area contributed by atoms with Gasteiger partial charge >= 0.3 is 6.03 Å². The molecule has 0 unspecified atom stereocenters. The van der Waals surface area contributed by atoms with E-state index < -0.39 is 5.54 Å². The highest BCUT2D eigenvalue weighted by Crippen LogP contribution is 2.34. The molecule has 3 rings (SSSR count). The summed E-state index contributed by atoms with van der Waals surface area (Å²) >= 11 is 0. The molecule has 1 N–H and O–H groups in total. The zero-order chi connectivity index (χ0) is 19.3. The summed E-state index contributed by atoms with van der Waals surface area (Å²) in [5, 5.41) is 3.13. The second-order valence-corrected chi connectivity index (χ2v) is 8.98. The topological polar surface area (TPSA) is 52.7 Å². The van der Waals surface area contributed by atoms with Gasteiger partial charge in [0, 0.05) is 12.1 Å². The minimum Gasteiger partial charge on any atom is -0.323 e. The Balaban J connectivity index is 1.75. The first-order valence-electron chi connectivity index (χ1n) is 11.5. The van der Waals surface area contributed by atoms with E-state index in [1.807, 2.05) is 0 Å². The van der Waals surface area contributed by atoms with E-state index in [-0.39, 0.29) is 11.9 Å². The summed E-state index contributed by atoms with van der Waals surface area (Å²) in [6, 6.07) is 0.943. The molecule has 0 aromatic carbocycles. The zero-order valence-electron chi connectivity index (χ0n) is 17.5. The van der Waals surface area contributed by atoms with Crippen LogP contribution < -0.4 is 5.32 Å². The highest BCUT2D eigenvalue weighted by Gasteiger charge is 2.51.